The smallest absolute Gasteiger partial charge is 0.219 e. The van der Waals surface area contributed by atoms with Crippen molar-refractivity contribution < 1.29 is 9.84 Å². The molecule has 1 aromatic heterocycles. The zero-order chi connectivity index (χ0) is 14.7. The highest BCUT2D eigenvalue weighted by Crippen LogP contribution is 2.27. The minimum Gasteiger partial charge on any atom is -0.439 e. The maximum absolute atomic E-state index is 9.35. The largest absolute Gasteiger partial charge is 0.439 e. The van der Waals surface area contributed by atoms with Crippen LogP contribution in [0.2, 0.25) is 0 Å². The van der Waals surface area contributed by atoms with Gasteiger partial charge in [-0.05, 0) is 48.6 Å². The van der Waals surface area contributed by atoms with Gasteiger partial charge in [0.05, 0.1) is 6.61 Å². The first-order valence-corrected chi connectivity index (χ1v) is 6.87. The second kappa shape index (κ2) is 6.06. The van der Waals surface area contributed by atoms with Gasteiger partial charge in [-0.25, -0.2) is 4.98 Å². The number of hydrogen-bond donors (Lipinski definition) is 1. The second-order valence-electron chi connectivity index (χ2n) is 5.35. The number of pyridine rings is 1. The van der Waals surface area contributed by atoms with E-state index in [-0.39, 0.29) is 6.61 Å². The Labute approximate surface area is 120 Å². The Hall–Kier alpha value is -1.87. The number of aliphatic hydroxyl groups is 1. The van der Waals surface area contributed by atoms with Crippen LogP contribution in [0.15, 0.2) is 30.3 Å². The van der Waals surface area contributed by atoms with E-state index >= 15 is 0 Å². The van der Waals surface area contributed by atoms with Crippen LogP contribution in [0.5, 0.6) is 11.6 Å². The normalized spacial score (nSPS) is 10.9. The molecule has 0 saturated heterocycles. The van der Waals surface area contributed by atoms with Crippen molar-refractivity contribution in [3.8, 4) is 11.6 Å². The predicted octanol–water partition coefficient (Wildman–Crippen LogP) is 4.11. The summed E-state index contributed by atoms with van der Waals surface area (Å²) in [6.07, 6.45) is 0. The van der Waals surface area contributed by atoms with E-state index in [4.69, 9.17) is 4.74 Å². The van der Waals surface area contributed by atoms with E-state index in [2.05, 4.69) is 31.8 Å². The summed E-state index contributed by atoms with van der Waals surface area (Å²) in [6.45, 7) is 8.23. The van der Waals surface area contributed by atoms with Crippen LogP contribution in [0.25, 0.3) is 0 Å². The molecule has 0 aliphatic heterocycles. The monoisotopic (exact) mass is 271 g/mol. The van der Waals surface area contributed by atoms with E-state index in [0.717, 1.165) is 22.6 Å². The van der Waals surface area contributed by atoms with E-state index in [9.17, 15) is 5.11 Å². The Bertz CT molecular complexity index is 606. The van der Waals surface area contributed by atoms with Gasteiger partial charge in [0.25, 0.3) is 0 Å². The number of ether oxygens (including phenoxy) is 1. The maximum Gasteiger partial charge on any atom is 0.219 e. The van der Waals surface area contributed by atoms with Gasteiger partial charge in [-0.15, -0.1) is 0 Å². The van der Waals surface area contributed by atoms with E-state index in [1.165, 1.54) is 5.56 Å². The van der Waals surface area contributed by atoms with Crippen molar-refractivity contribution in [3.63, 3.8) is 0 Å². The molecular formula is C17H21NO2. The molecule has 1 aromatic carbocycles. The third-order valence-electron chi connectivity index (χ3n) is 3.43. The second-order valence-corrected chi connectivity index (χ2v) is 5.35. The van der Waals surface area contributed by atoms with Crippen molar-refractivity contribution in [2.45, 2.75) is 40.2 Å². The van der Waals surface area contributed by atoms with Crippen LogP contribution in [0.3, 0.4) is 0 Å². The molecule has 0 aliphatic rings. The van der Waals surface area contributed by atoms with E-state index in [0.29, 0.717) is 11.8 Å². The number of hydrogen-bond acceptors (Lipinski definition) is 3. The zero-order valence-corrected chi connectivity index (χ0v) is 12.5. The third-order valence-corrected chi connectivity index (χ3v) is 3.43. The van der Waals surface area contributed by atoms with Crippen LogP contribution in [0.4, 0.5) is 0 Å². The maximum atomic E-state index is 9.35. The first-order chi connectivity index (χ1) is 9.51. The van der Waals surface area contributed by atoms with Crippen molar-refractivity contribution in [2.75, 3.05) is 0 Å². The summed E-state index contributed by atoms with van der Waals surface area (Å²) < 4.78 is 5.90. The molecular weight excluding hydrogens is 250 g/mol. The fraction of sp³-hybridized carbons (Fsp3) is 0.353. The summed E-state index contributed by atoms with van der Waals surface area (Å²) in [7, 11) is 0. The highest BCUT2D eigenvalue weighted by Gasteiger charge is 2.09. The summed E-state index contributed by atoms with van der Waals surface area (Å²) >= 11 is 0. The lowest BCUT2D eigenvalue weighted by atomic mass is 10.1. The Balaban J connectivity index is 2.37. The summed E-state index contributed by atoms with van der Waals surface area (Å²) in [5, 5.41) is 9.35. The topological polar surface area (TPSA) is 42.4 Å². The standard InChI is InChI=1S/C17H21NO2/c1-11(2)15-8-14(10-19)9-17(18-15)20-16-7-5-6-12(3)13(16)4/h5-9,11,19H,10H2,1-4H3. The van der Waals surface area contributed by atoms with Gasteiger partial charge in [0, 0.05) is 11.8 Å². The number of nitrogens with zero attached hydrogens (tertiary/aromatic N) is 1. The molecule has 0 unspecified atom stereocenters. The fourth-order valence-electron chi connectivity index (χ4n) is 1.97. The molecule has 0 bridgehead atoms. The minimum absolute atomic E-state index is 0.00853. The molecule has 2 aromatic rings. The average Bonchev–Trinajstić information content (AvgIpc) is 2.43. The number of aliphatic hydroxyl groups excluding tert-OH is 1. The molecule has 3 heteroatoms. The zero-order valence-electron chi connectivity index (χ0n) is 12.5. The molecule has 0 saturated carbocycles. The first kappa shape index (κ1) is 14.5. The van der Waals surface area contributed by atoms with E-state index in [1.807, 2.05) is 25.1 Å². The minimum atomic E-state index is -0.00853. The quantitative estimate of drug-likeness (QED) is 0.910. The van der Waals surface area contributed by atoms with Crippen LogP contribution < -0.4 is 4.74 Å². The molecule has 1 heterocycles. The van der Waals surface area contributed by atoms with Crippen molar-refractivity contribution in [1.82, 2.24) is 4.98 Å². The average molecular weight is 271 g/mol. The van der Waals surface area contributed by atoms with Crippen LogP contribution >= 0.6 is 0 Å². The number of benzene rings is 1. The lowest BCUT2D eigenvalue weighted by Crippen LogP contribution is -1.99. The van der Waals surface area contributed by atoms with Gasteiger partial charge in [0.2, 0.25) is 5.88 Å². The summed E-state index contributed by atoms with van der Waals surface area (Å²) in [5.74, 6) is 1.64. The summed E-state index contributed by atoms with van der Waals surface area (Å²) in [5.41, 5.74) is 4.04. The molecule has 0 aliphatic carbocycles. The van der Waals surface area contributed by atoms with Crippen molar-refractivity contribution in [2.24, 2.45) is 0 Å². The predicted molar refractivity (Wildman–Crippen MR) is 80.2 cm³/mol. The molecule has 3 nitrogen and oxygen atoms in total. The SMILES string of the molecule is Cc1cccc(Oc2cc(CO)cc(C(C)C)n2)c1C. The third kappa shape index (κ3) is 3.17. The number of rotatable bonds is 4. The van der Waals surface area contributed by atoms with Crippen LogP contribution in [-0.2, 0) is 6.61 Å². The highest BCUT2D eigenvalue weighted by molar-refractivity contribution is 5.41. The van der Waals surface area contributed by atoms with Gasteiger partial charge in [0.1, 0.15) is 5.75 Å². The van der Waals surface area contributed by atoms with Crippen molar-refractivity contribution >= 4 is 0 Å². The van der Waals surface area contributed by atoms with Crippen LogP contribution in [0, 0.1) is 13.8 Å². The number of aryl methyl sites for hydroxylation is 1. The molecule has 0 radical (unpaired) electrons. The molecule has 1 N–H and O–H groups in total. The lowest BCUT2D eigenvalue weighted by molar-refractivity contribution is 0.280. The van der Waals surface area contributed by atoms with Crippen LogP contribution in [-0.4, -0.2) is 10.1 Å². The lowest BCUT2D eigenvalue weighted by Gasteiger charge is -2.13. The number of aromatic nitrogens is 1. The molecule has 0 fully saturated rings. The molecule has 106 valence electrons. The van der Waals surface area contributed by atoms with Gasteiger partial charge in [-0.1, -0.05) is 26.0 Å². The Kier molecular flexibility index (Phi) is 4.40. The first-order valence-electron chi connectivity index (χ1n) is 6.87. The Morgan fingerprint density at radius 3 is 2.60 bits per heavy atom. The highest BCUT2D eigenvalue weighted by atomic mass is 16.5. The molecule has 0 atom stereocenters. The summed E-state index contributed by atoms with van der Waals surface area (Å²) in [6, 6.07) is 9.66. The van der Waals surface area contributed by atoms with Gasteiger partial charge < -0.3 is 9.84 Å². The van der Waals surface area contributed by atoms with Gasteiger partial charge in [-0.3, -0.25) is 0 Å². The summed E-state index contributed by atoms with van der Waals surface area (Å²) in [4.78, 5) is 4.51. The van der Waals surface area contributed by atoms with E-state index < -0.39 is 0 Å². The fourth-order valence-corrected chi connectivity index (χ4v) is 1.97. The van der Waals surface area contributed by atoms with Gasteiger partial charge >= 0.3 is 0 Å². The van der Waals surface area contributed by atoms with Crippen molar-refractivity contribution in [3.05, 3.63) is 52.7 Å². The van der Waals surface area contributed by atoms with E-state index in [1.54, 1.807) is 6.07 Å². The van der Waals surface area contributed by atoms with Crippen LogP contribution in [0.1, 0.15) is 42.1 Å². The van der Waals surface area contributed by atoms with Gasteiger partial charge in [-0.2, -0.15) is 0 Å². The Morgan fingerprint density at radius 2 is 1.95 bits per heavy atom. The van der Waals surface area contributed by atoms with Crippen molar-refractivity contribution in [1.29, 1.82) is 0 Å². The molecule has 2 rings (SSSR count). The Morgan fingerprint density at radius 1 is 1.20 bits per heavy atom. The molecule has 20 heavy (non-hydrogen) atoms. The van der Waals surface area contributed by atoms with Gasteiger partial charge in [0.15, 0.2) is 0 Å². The molecule has 0 spiro atoms. The molecule has 0 amide bonds.